The Kier molecular flexibility index (Phi) is 8.00. The number of aromatic nitrogens is 2. The maximum Gasteiger partial charge on any atom is 0.407 e. The Morgan fingerprint density at radius 1 is 1.14 bits per heavy atom. The highest BCUT2D eigenvalue weighted by Gasteiger charge is 2.36. The molecule has 198 valence electrons. The number of likely N-dealkylation sites (tertiary alicyclic amines) is 1. The Hall–Kier alpha value is -3.11. The maximum atomic E-state index is 14.3. The molecule has 36 heavy (non-hydrogen) atoms. The average Bonchev–Trinajstić information content (AvgIpc) is 3.39. The van der Waals surface area contributed by atoms with Crippen LogP contribution in [0.1, 0.15) is 84.1 Å². The highest BCUT2D eigenvalue weighted by molar-refractivity contribution is 5.78. The third kappa shape index (κ3) is 6.98. The summed E-state index contributed by atoms with van der Waals surface area (Å²) in [4.78, 5) is 31.8. The molecule has 1 aliphatic heterocycles. The van der Waals surface area contributed by atoms with Crippen molar-refractivity contribution in [3.8, 4) is 0 Å². The van der Waals surface area contributed by atoms with Crippen molar-refractivity contribution < 1.29 is 32.0 Å². The number of halogens is 3. The fourth-order valence-electron chi connectivity index (χ4n) is 3.96. The van der Waals surface area contributed by atoms with Crippen LogP contribution in [0.5, 0.6) is 0 Å². The molecule has 1 aliphatic rings. The maximum absolute atomic E-state index is 14.3. The largest absolute Gasteiger partial charge is 0.444 e. The first kappa shape index (κ1) is 27.5. The molecule has 1 N–H and O–H groups in total. The molecule has 2 amide bonds. The molecule has 0 spiro atoms. The first-order valence-corrected chi connectivity index (χ1v) is 11.9. The second kappa shape index (κ2) is 10.5. The molecule has 2 aromatic rings. The van der Waals surface area contributed by atoms with E-state index in [-0.39, 0.29) is 29.7 Å². The van der Waals surface area contributed by atoms with Crippen LogP contribution >= 0.6 is 0 Å². The van der Waals surface area contributed by atoms with Gasteiger partial charge in [0.1, 0.15) is 17.5 Å². The fraction of sp³-hybridized carbons (Fsp3) is 0.600. The predicted octanol–water partition coefficient (Wildman–Crippen LogP) is 4.97. The monoisotopic (exact) mass is 510 g/mol. The summed E-state index contributed by atoms with van der Waals surface area (Å²) >= 11 is 0. The molecule has 0 saturated carbocycles. The van der Waals surface area contributed by atoms with Gasteiger partial charge in [0.25, 0.3) is 0 Å². The third-order valence-electron chi connectivity index (χ3n) is 5.67. The van der Waals surface area contributed by atoms with E-state index in [0.717, 1.165) is 6.07 Å². The van der Waals surface area contributed by atoms with E-state index in [4.69, 9.17) is 9.26 Å². The van der Waals surface area contributed by atoms with Crippen molar-refractivity contribution in [3.05, 3.63) is 46.9 Å². The highest BCUT2D eigenvalue weighted by Crippen LogP contribution is 2.33. The molecule has 0 bridgehead atoms. The lowest BCUT2D eigenvalue weighted by atomic mass is 9.96. The lowest BCUT2D eigenvalue weighted by Crippen LogP contribution is -2.44. The van der Waals surface area contributed by atoms with Crippen LogP contribution in [-0.2, 0) is 21.4 Å². The molecule has 8 nitrogen and oxygen atoms in total. The van der Waals surface area contributed by atoms with E-state index in [9.17, 15) is 22.8 Å². The number of carbonyl (C=O) groups is 2. The van der Waals surface area contributed by atoms with E-state index < -0.39 is 41.2 Å². The molecule has 11 heteroatoms. The molecule has 1 fully saturated rings. The van der Waals surface area contributed by atoms with E-state index in [0.29, 0.717) is 37.2 Å². The van der Waals surface area contributed by atoms with Crippen LogP contribution in [0.4, 0.5) is 18.0 Å². The Morgan fingerprint density at radius 3 is 2.42 bits per heavy atom. The van der Waals surface area contributed by atoms with Gasteiger partial charge in [-0.3, -0.25) is 4.79 Å². The Morgan fingerprint density at radius 2 is 1.81 bits per heavy atom. The van der Waals surface area contributed by atoms with Gasteiger partial charge in [-0.05, 0) is 51.7 Å². The summed E-state index contributed by atoms with van der Waals surface area (Å²) in [5, 5.41) is 6.61. The van der Waals surface area contributed by atoms with Crippen molar-refractivity contribution in [1.82, 2.24) is 20.4 Å². The number of hydrogen-bond donors (Lipinski definition) is 1. The number of nitrogens with zero attached hydrogens (tertiary/aromatic N) is 3. The van der Waals surface area contributed by atoms with Gasteiger partial charge in [-0.25, -0.2) is 18.0 Å². The minimum absolute atomic E-state index is 0.174. The SMILES string of the molecule is CC(C)(C)OC(=O)N[C@@H](CC(=O)N1CCCC1c1nc(C(C)(C)C)no1)Cc1cc(F)c(F)cc1F. The van der Waals surface area contributed by atoms with Crippen molar-refractivity contribution in [2.75, 3.05) is 6.54 Å². The van der Waals surface area contributed by atoms with Crippen LogP contribution in [0, 0.1) is 17.5 Å². The van der Waals surface area contributed by atoms with Crippen molar-refractivity contribution >= 4 is 12.0 Å². The Labute approximate surface area is 208 Å². The lowest BCUT2D eigenvalue weighted by molar-refractivity contribution is -0.133. The van der Waals surface area contributed by atoms with E-state index in [1.807, 2.05) is 20.8 Å². The zero-order chi connectivity index (χ0) is 26.8. The minimum Gasteiger partial charge on any atom is -0.444 e. The molecule has 2 atom stereocenters. The van der Waals surface area contributed by atoms with Gasteiger partial charge in [-0.2, -0.15) is 4.98 Å². The highest BCUT2D eigenvalue weighted by atomic mass is 19.2. The zero-order valence-corrected chi connectivity index (χ0v) is 21.5. The van der Waals surface area contributed by atoms with Crippen LogP contribution in [0.3, 0.4) is 0 Å². The third-order valence-corrected chi connectivity index (χ3v) is 5.67. The minimum atomic E-state index is -1.32. The molecule has 3 rings (SSSR count). The van der Waals surface area contributed by atoms with Crippen LogP contribution in [0.25, 0.3) is 0 Å². The van der Waals surface area contributed by atoms with Gasteiger partial charge in [0, 0.05) is 30.5 Å². The zero-order valence-electron chi connectivity index (χ0n) is 21.5. The van der Waals surface area contributed by atoms with Crippen molar-refractivity contribution in [1.29, 1.82) is 0 Å². The van der Waals surface area contributed by atoms with E-state index >= 15 is 0 Å². The van der Waals surface area contributed by atoms with Crippen LogP contribution in [0.2, 0.25) is 0 Å². The molecule has 1 saturated heterocycles. The summed E-state index contributed by atoms with van der Waals surface area (Å²) in [5.74, 6) is -3.00. The smallest absolute Gasteiger partial charge is 0.407 e. The normalized spacial score (nSPS) is 17.2. The molecule has 1 unspecified atom stereocenters. The first-order chi connectivity index (χ1) is 16.6. The first-order valence-electron chi connectivity index (χ1n) is 11.9. The summed E-state index contributed by atoms with van der Waals surface area (Å²) in [6, 6.07) is -0.205. The van der Waals surface area contributed by atoms with Crippen molar-refractivity contribution in [2.24, 2.45) is 0 Å². The number of alkyl carbamates (subject to hydrolysis) is 1. The number of benzene rings is 1. The van der Waals surface area contributed by atoms with Gasteiger partial charge in [0.15, 0.2) is 17.5 Å². The topological polar surface area (TPSA) is 97.6 Å². The molecule has 2 heterocycles. The number of carbonyl (C=O) groups excluding carboxylic acids is 2. The van der Waals surface area contributed by atoms with E-state index in [2.05, 4.69) is 15.5 Å². The van der Waals surface area contributed by atoms with Crippen LogP contribution in [-0.4, -0.2) is 45.2 Å². The number of rotatable bonds is 6. The summed E-state index contributed by atoms with van der Waals surface area (Å²) in [6.07, 6.45) is 0.0498. The van der Waals surface area contributed by atoms with Crippen LogP contribution < -0.4 is 5.32 Å². The van der Waals surface area contributed by atoms with Gasteiger partial charge in [0.2, 0.25) is 11.8 Å². The molecule has 0 aliphatic carbocycles. The second-order valence-electron chi connectivity index (χ2n) is 11.1. The summed E-state index contributed by atoms with van der Waals surface area (Å²) in [5.41, 5.74) is -1.31. The molecular weight excluding hydrogens is 477 g/mol. The summed E-state index contributed by atoms with van der Waals surface area (Å²) < 4.78 is 52.2. The molecule has 1 aromatic carbocycles. The molecule has 0 radical (unpaired) electrons. The van der Waals surface area contributed by atoms with E-state index in [1.165, 1.54) is 0 Å². The van der Waals surface area contributed by atoms with Gasteiger partial charge >= 0.3 is 6.09 Å². The number of ether oxygens (including phenoxy) is 1. The second-order valence-corrected chi connectivity index (χ2v) is 11.1. The van der Waals surface area contributed by atoms with Crippen molar-refractivity contribution in [2.45, 2.75) is 90.3 Å². The number of hydrogen-bond acceptors (Lipinski definition) is 6. The van der Waals surface area contributed by atoms with E-state index in [1.54, 1.807) is 25.7 Å². The van der Waals surface area contributed by atoms with Gasteiger partial charge in [-0.15, -0.1) is 0 Å². The Bertz CT molecular complexity index is 1110. The molecule has 1 aromatic heterocycles. The summed E-state index contributed by atoms with van der Waals surface area (Å²) in [6.45, 7) is 11.3. The fourth-order valence-corrected chi connectivity index (χ4v) is 3.96. The standard InChI is InChI=1S/C25H33F3N4O4/c1-24(2,3)22-30-21(36-31-22)19-8-7-9-32(19)20(33)12-15(29-23(34)35-25(4,5)6)10-14-11-17(27)18(28)13-16(14)26/h11,13,15,19H,7-10,12H2,1-6H3,(H,29,34)/t15-,19?/m1/s1. The van der Waals surface area contributed by atoms with Crippen LogP contribution in [0.15, 0.2) is 16.7 Å². The van der Waals surface area contributed by atoms with Gasteiger partial charge < -0.3 is 19.5 Å². The number of nitrogens with one attached hydrogen (secondary N) is 1. The van der Waals surface area contributed by atoms with Gasteiger partial charge in [-0.1, -0.05) is 25.9 Å². The van der Waals surface area contributed by atoms with Crippen molar-refractivity contribution in [3.63, 3.8) is 0 Å². The predicted molar refractivity (Wildman–Crippen MR) is 124 cm³/mol. The lowest BCUT2D eigenvalue weighted by Gasteiger charge is -2.27. The van der Waals surface area contributed by atoms with Gasteiger partial charge in [0.05, 0.1) is 0 Å². The summed E-state index contributed by atoms with van der Waals surface area (Å²) in [7, 11) is 0. The quantitative estimate of drug-likeness (QED) is 0.551. The Balaban J connectivity index is 1.80. The average molecular weight is 511 g/mol. The number of amides is 2. The molecular formula is C25H33F3N4O4.